The van der Waals surface area contributed by atoms with Gasteiger partial charge in [-0.15, -0.1) is 10.2 Å². The van der Waals surface area contributed by atoms with Crippen molar-refractivity contribution >= 4 is 23.2 Å². The van der Waals surface area contributed by atoms with E-state index in [4.69, 9.17) is 16.3 Å². The molecule has 124 valence electrons. The fourth-order valence-corrected chi connectivity index (χ4v) is 2.53. The molecule has 0 spiro atoms. The normalized spacial score (nSPS) is 13.5. The van der Waals surface area contributed by atoms with Crippen LogP contribution in [0.2, 0.25) is 5.02 Å². The minimum absolute atomic E-state index is 0.241. The Morgan fingerprint density at radius 2 is 2.04 bits per heavy atom. The third kappa shape index (κ3) is 3.49. The lowest BCUT2D eigenvalue weighted by Gasteiger charge is -2.18. The topological polar surface area (TPSA) is 68.5 Å². The highest BCUT2D eigenvalue weighted by Gasteiger charge is 2.20. The summed E-state index contributed by atoms with van der Waals surface area (Å²) in [5, 5.41) is 11.7. The molecule has 1 N–H and O–H groups in total. The van der Waals surface area contributed by atoms with Crippen LogP contribution >= 0.6 is 11.6 Å². The summed E-state index contributed by atoms with van der Waals surface area (Å²) in [7, 11) is 0. The second-order valence-electron chi connectivity index (χ2n) is 5.43. The van der Waals surface area contributed by atoms with E-state index >= 15 is 0 Å². The maximum absolute atomic E-state index is 12.3. The van der Waals surface area contributed by atoms with Crippen molar-refractivity contribution in [2.75, 3.05) is 0 Å². The molecule has 24 heavy (non-hydrogen) atoms. The highest BCUT2D eigenvalue weighted by Crippen LogP contribution is 2.19. The SMILES string of the molecule is CC(Oc1cccc(Cl)c1)C(=O)NC(C)c1nnc2ccccn12. The smallest absolute Gasteiger partial charge is 0.261 e. The zero-order valence-electron chi connectivity index (χ0n) is 13.3. The van der Waals surface area contributed by atoms with E-state index in [2.05, 4.69) is 15.5 Å². The molecule has 3 aromatic rings. The Morgan fingerprint density at radius 1 is 1.21 bits per heavy atom. The fraction of sp³-hybridized carbons (Fsp3) is 0.235. The van der Waals surface area contributed by atoms with E-state index in [1.165, 1.54) is 0 Å². The molecule has 2 heterocycles. The third-order valence-corrected chi connectivity index (χ3v) is 3.80. The van der Waals surface area contributed by atoms with Crippen LogP contribution in [-0.4, -0.2) is 26.6 Å². The number of nitrogens with one attached hydrogen (secondary N) is 1. The number of hydrogen-bond acceptors (Lipinski definition) is 4. The molecule has 0 aliphatic rings. The predicted molar refractivity (Wildman–Crippen MR) is 91.1 cm³/mol. The predicted octanol–water partition coefficient (Wildman–Crippen LogP) is 3.03. The first kappa shape index (κ1) is 16.3. The van der Waals surface area contributed by atoms with Crippen LogP contribution in [0.15, 0.2) is 48.7 Å². The quantitative estimate of drug-likeness (QED) is 0.772. The average molecular weight is 345 g/mol. The zero-order valence-corrected chi connectivity index (χ0v) is 14.1. The van der Waals surface area contributed by atoms with Crippen LogP contribution in [0.25, 0.3) is 5.65 Å². The van der Waals surface area contributed by atoms with Crippen LogP contribution in [0.3, 0.4) is 0 Å². The summed E-state index contributed by atoms with van der Waals surface area (Å²) in [5.74, 6) is 0.967. The van der Waals surface area contributed by atoms with Gasteiger partial charge in [-0.3, -0.25) is 9.20 Å². The molecular weight excluding hydrogens is 328 g/mol. The summed E-state index contributed by atoms with van der Waals surface area (Å²) in [6.07, 6.45) is 1.20. The second-order valence-corrected chi connectivity index (χ2v) is 5.87. The van der Waals surface area contributed by atoms with Crippen molar-refractivity contribution in [2.24, 2.45) is 0 Å². The first-order valence-electron chi connectivity index (χ1n) is 7.57. The van der Waals surface area contributed by atoms with Gasteiger partial charge in [-0.05, 0) is 44.2 Å². The minimum atomic E-state index is -0.662. The molecule has 2 unspecified atom stereocenters. The Balaban J connectivity index is 1.67. The average Bonchev–Trinajstić information content (AvgIpc) is 2.99. The van der Waals surface area contributed by atoms with Gasteiger partial charge in [0.25, 0.3) is 5.91 Å². The molecule has 7 heteroatoms. The number of fused-ring (bicyclic) bond motifs is 1. The highest BCUT2D eigenvalue weighted by atomic mass is 35.5. The van der Waals surface area contributed by atoms with Crippen molar-refractivity contribution in [1.29, 1.82) is 0 Å². The Hall–Kier alpha value is -2.60. The van der Waals surface area contributed by atoms with E-state index in [1.807, 2.05) is 35.7 Å². The van der Waals surface area contributed by atoms with Gasteiger partial charge in [0.15, 0.2) is 17.6 Å². The van der Waals surface area contributed by atoms with Crippen LogP contribution in [-0.2, 0) is 4.79 Å². The van der Waals surface area contributed by atoms with E-state index in [-0.39, 0.29) is 11.9 Å². The number of aromatic nitrogens is 3. The number of ether oxygens (including phenoxy) is 1. The Kier molecular flexibility index (Phi) is 4.66. The van der Waals surface area contributed by atoms with E-state index in [0.29, 0.717) is 16.6 Å². The molecule has 2 atom stereocenters. The molecule has 0 aliphatic heterocycles. The van der Waals surface area contributed by atoms with Crippen molar-refractivity contribution in [3.8, 4) is 5.75 Å². The summed E-state index contributed by atoms with van der Waals surface area (Å²) in [6.45, 7) is 3.54. The highest BCUT2D eigenvalue weighted by molar-refractivity contribution is 6.30. The van der Waals surface area contributed by atoms with Crippen LogP contribution in [0.1, 0.15) is 25.7 Å². The van der Waals surface area contributed by atoms with Crippen LogP contribution in [0.5, 0.6) is 5.75 Å². The fourth-order valence-electron chi connectivity index (χ4n) is 2.35. The van der Waals surface area contributed by atoms with Crippen LogP contribution in [0, 0.1) is 0 Å². The van der Waals surface area contributed by atoms with Crippen LogP contribution < -0.4 is 10.1 Å². The standard InChI is InChI=1S/C17H17ClN4O2/c1-11(16-21-20-15-8-3-4-9-22(15)16)19-17(23)12(2)24-14-7-5-6-13(18)10-14/h3-12H,1-2H3,(H,19,23). The molecule has 0 saturated heterocycles. The number of carbonyl (C=O) groups is 1. The number of amides is 1. The van der Waals surface area contributed by atoms with E-state index in [9.17, 15) is 4.79 Å². The Labute approximate surface area is 144 Å². The van der Waals surface area contributed by atoms with Crippen LogP contribution in [0.4, 0.5) is 0 Å². The van der Waals surface area contributed by atoms with E-state index in [0.717, 1.165) is 5.65 Å². The van der Waals surface area contributed by atoms with Gasteiger partial charge in [0.1, 0.15) is 5.75 Å². The zero-order chi connectivity index (χ0) is 17.1. The van der Waals surface area contributed by atoms with Gasteiger partial charge in [0.05, 0.1) is 6.04 Å². The van der Waals surface area contributed by atoms with Crippen molar-refractivity contribution in [2.45, 2.75) is 26.0 Å². The number of carbonyl (C=O) groups excluding carboxylic acids is 1. The number of hydrogen-bond donors (Lipinski definition) is 1. The van der Waals surface area contributed by atoms with Gasteiger partial charge in [0.2, 0.25) is 0 Å². The molecule has 0 bridgehead atoms. The summed E-state index contributed by atoms with van der Waals surface area (Å²) in [5.41, 5.74) is 0.733. The summed E-state index contributed by atoms with van der Waals surface area (Å²) in [6, 6.07) is 12.3. The summed E-state index contributed by atoms with van der Waals surface area (Å²) in [4.78, 5) is 12.3. The molecule has 3 rings (SSSR count). The van der Waals surface area contributed by atoms with E-state index in [1.54, 1.807) is 31.2 Å². The van der Waals surface area contributed by atoms with Gasteiger partial charge in [-0.1, -0.05) is 23.7 Å². The van der Waals surface area contributed by atoms with Crippen molar-refractivity contribution in [3.63, 3.8) is 0 Å². The van der Waals surface area contributed by atoms with Gasteiger partial charge in [-0.25, -0.2) is 0 Å². The number of halogens is 1. The van der Waals surface area contributed by atoms with Crippen molar-refractivity contribution < 1.29 is 9.53 Å². The molecule has 0 fully saturated rings. The van der Waals surface area contributed by atoms with E-state index < -0.39 is 6.10 Å². The lowest BCUT2D eigenvalue weighted by molar-refractivity contribution is -0.128. The molecule has 1 aromatic carbocycles. The monoisotopic (exact) mass is 344 g/mol. The third-order valence-electron chi connectivity index (χ3n) is 3.56. The lowest BCUT2D eigenvalue weighted by atomic mass is 10.2. The summed E-state index contributed by atoms with van der Waals surface area (Å²) >= 11 is 5.92. The first-order chi connectivity index (χ1) is 11.5. The molecule has 1 amide bonds. The number of benzene rings is 1. The maximum Gasteiger partial charge on any atom is 0.261 e. The molecule has 0 radical (unpaired) electrons. The number of nitrogens with zero attached hydrogens (tertiary/aromatic N) is 3. The van der Waals surface area contributed by atoms with Gasteiger partial charge >= 0.3 is 0 Å². The van der Waals surface area contributed by atoms with Gasteiger partial charge in [-0.2, -0.15) is 0 Å². The molecular formula is C17H17ClN4O2. The lowest BCUT2D eigenvalue weighted by Crippen LogP contribution is -2.38. The molecule has 2 aromatic heterocycles. The molecule has 6 nitrogen and oxygen atoms in total. The van der Waals surface area contributed by atoms with Gasteiger partial charge in [0, 0.05) is 11.2 Å². The first-order valence-corrected chi connectivity index (χ1v) is 7.94. The molecule has 0 saturated carbocycles. The molecule has 0 aliphatic carbocycles. The number of pyridine rings is 1. The Bertz CT molecular complexity index is 864. The second kappa shape index (κ2) is 6.88. The van der Waals surface area contributed by atoms with Gasteiger partial charge < -0.3 is 10.1 Å². The van der Waals surface area contributed by atoms with Crippen molar-refractivity contribution in [3.05, 3.63) is 59.5 Å². The van der Waals surface area contributed by atoms with Crippen molar-refractivity contribution in [1.82, 2.24) is 19.9 Å². The largest absolute Gasteiger partial charge is 0.481 e. The summed E-state index contributed by atoms with van der Waals surface area (Å²) < 4.78 is 7.46. The Morgan fingerprint density at radius 3 is 2.83 bits per heavy atom. The minimum Gasteiger partial charge on any atom is -0.481 e. The number of rotatable bonds is 5. The maximum atomic E-state index is 12.3.